The van der Waals surface area contributed by atoms with E-state index in [0.29, 0.717) is 13.0 Å². The van der Waals surface area contributed by atoms with Gasteiger partial charge in [-0.3, -0.25) is 9.69 Å². The first-order valence-corrected chi connectivity index (χ1v) is 3.45. The highest BCUT2D eigenvalue weighted by molar-refractivity contribution is 6.01. The molecule has 0 atom stereocenters. The fraction of sp³-hybridized carbons (Fsp3) is 0.429. The van der Waals surface area contributed by atoms with Crippen molar-refractivity contribution in [2.45, 2.75) is 6.42 Å². The van der Waals surface area contributed by atoms with E-state index >= 15 is 0 Å². The molecule has 0 aliphatic carbocycles. The second-order valence-corrected chi connectivity index (χ2v) is 2.28. The van der Waals surface area contributed by atoms with Gasteiger partial charge in [0.15, 0.2) is 0 Å². The number of imide groups is 1. The Morgan fingerprint density at radius 1 is 1.64 bits per heavy atom. The van der Waals surface area contributed by atoms with E-state index in [1.165, 1.54) is 4.90 Å². The van der Waals surface area contributed by atoms with Gasteiger partial charge in [-0.15, -0.1) is 6.58 Å². The molecule has 1 rings (SSSR count). The predicted octanol–water partition coefficient (Wildman–Crippen LogP) is 0.114. The van der Waals surface area contributed by atoms with Gasteiger partial charge in [-0.05, 0) is 6.42 Å². The van der Waals surface area contributed by atoms with Crippen LogP contribution >= 0.6 is 0 Å². The third kappa shape index (κ3) is 1.58. The molecule has 1 aliphatic heterocycles. The molecular weight excluding hydrogens is 144 g/mol. The van der Waals surface area contributed by atoms with Crippen LogP contribution in [0.25, 0.3) is 0 Å². The second-order valence-electron chi connectivity index (χ2n) is 2.28. The average molecular weight is 154 g/mol. The van der Waals surface area contributed by atoms with Crippen LogP contribution in [0.4, 0.5) is 4.79 Å². The molecule has 60 valence electrons. The molecule has 0 aromatic carbocycles. The lowest BCUT2D eigenvalue weighted by Gasteiger charge is -2.09. The molecule has 1 aliphatic rings. The summed E-state index contributed by atoms with van der Waals surface area (Å²) in [7, 11) is 0. The van der Waals surface area contributed by atoms with Crippen LogP contribution in [0.3, 0.4) is 0 Å². The zero-order valence-electron chi connectivity index (χ0n) is 6.17. The van der Waals surface area contributed by atoms with E-state index in [4.69, 9.17) is 0 Å². The lowest BCUT2D eigenvalue weighted by atomic mass is 10.4. The smallest absolute Gasteiger partial charge is 0.324 e. The van der Waals surface area contributed by atoms with Crippen LogP contribution in [0.2, 0.25) is 0 Å². The summed E-state index contributed by atoms with van der Waals surface area (Å²) < 4.78 is 0. The molecule has 4 heteroatoms. The molecule has 1 N–H and O–H groups in total. The molecule has 0 aromatic rings. The van der Waals surface area contributed by atoms with Gasteiger partial charge in [0.2, 0.25) is 5.91 Å². The van der Waals surface area contributed by atoms with Crippen molar-refractivity contribution < 1.29 is 9.59 Å². The van der Waals surface area contributed by atoms with Crippen molar-refractivity contribution in [2.75, 3.05) is 13.1 Å². The van der Waals surface area contributed by atoms with Crippen molar-refractivity contribution in [3.05, 3.63) is 12.7 Å². The van der Waals surface area contributed by atoms with Crippen molar-refractivity contribution >= 4 is 11.9 Å². The van der Waals surface area contributed by atoms with Crippen molar-refractivity contribution in [2.24, 2.45) is 0 Å². The first-order valence-electron chi connectivity index (χ1n) is 3.45. The lowest BCUT2D eigenvalue weighted by Crippen LogP contribution is -2.31. The fourth-order valence-electron chi connectivity index (χ4n) is 0.902. The number of rotatable bonds is 3. The van der Waals surface area contributed by atoms with Crippen LogP contribution in [0.1, 0.15) is 6.42 Å². The molecule has 11 heavy (non-hydrogen) atoms. The van der Waals surface area contributed by atoms with Gasteiger partial charge in [0.05, 0.1) is 6.54 Å². The number of nitrogens with one attached hydrogen (secondary N) is 1. The summed E-state index contributed by atoms with van der Waals surface area (Å²) in [6.45, 7) is 4.08. The van der Waals surface area contributed by atoms with Gasteiger partial charge in [0.25, 0.3) is 0 Å². The minimum absolute atomic E-state index is 0.135. The molecular formula is C7H10N2O2. The average Bonchev–Trinajstić information content (AvgIpc) is 2.29. The molecule has 1 fully saturated rings. The van der Waals surface area contributed by atoms with Gasteiger partial charge in [-0.2, -0.15) is 0 Å². The Bertz CT molecular complexity index is 185. The predicted molar refractivity (Wildman–Crippen MR) is 39.9 cm³/mol. The van der Waals surface area contributed by atoms with E-state index in [1.807, 2.05) is 0 Å². The fourth-order valence-corrected chi connectivity index (χ4v) is 0.902. The topological polar surface area (TPSA) is 49.4 Å². The number of hydrogen-bond acceptors (Lipinski definition) is 2. The zero-order valence-corrected chi connectivity index (χ0v) is 6.17. The number of nitrogens with zero attached hydrogens (tertiary/aromatic N) is 1. The summed E-state index contributed by atoms with van der Waals surface area (Å²) in [6.07, 6.45) is 2.33. The summed E-state index contributed by atoms with van der Waals surface area (Å²) >= 11 is 0. The number of urea groups is 1. The maximum atomic E-state index is 10.9. The maximum absolute atomic E-state index is 10.9. The Labute approximate surface area is 64.9 Å². The van der Waals surface area contributed by atoms with E-state index in [-0.39, 0.29) is 18.5 Å². The quantitative estimate of drug-likeness (QED) is 0.463. The molecule has 4 nitrogen and oxygen atoms in total. The maximum Gasteiger partial charge on any atom is 0.324 e. The monoisotopic (exact) mass is 154 g/mol. The molecule has 0 saturated carbocycles. The van der Waals surface area contributed by atoms with E-state index in [1.54, 1.807) is 6.08 Å². The van der Waals surface area contributed by atoms with Crippen molar-refractivity contribution in [3.63, 3.8) is 0 Å². The summed E-state index contributed by atoms with van der Waals surface area (Å²) in [4.78, 5) is 22.9. The highest BCUT2D eigenvalue weighted by Gasteiger charge is 2.26. The molecule has 0 aromatic heterocycles. The van der Waals surface area contributed by atoms with Gasteiger partial charge >= 0.3 is 6.03 Å². The SMILES string of the molecule is C=CCCN1C(=O)CNC1=O. The Hall–Kier alpha value is -1.32. The highest BCUT2D eigenvalue weighted by atomic mass is 16.2. The summed E-state index contributed by atoms with van der Waals surface area (Å²) in [5.41, 5.74) is 0. The van der Waals surface area contributed by atoms with E-state index in [0.717, 1.165) is 0 Å². The van der Waals surface area contributed by atoms with Crippen molar-refractivity contribution in [1.82, 2.24) is 10.2 Å². The van der Waals surface area contributed by atoms with Gasteiger partial charge in [-0.1, -0.05) is 6.08 Å². The number of amides is 3. The van der Waals surface area contributed by atoms with Crippen LogP contribution in [-0.2, 0) is 4.79 Å². The molecule has 1 saturated heterocycles. The number of carbonyl (C=O) groups excluding carboxylic acids is 2. The Kier molecular flexibility index (Phi) is 2.25. The van der Waals surface area contributed by atoms with Crippen LogP contribution in [-0.4, -0.2) is 29.9 Å². The van der Waals surface area contributed by atoms with Gasteiger partial charge in [-0.25, -0.2) is 4.79 Å². The molecule has 3 amide bonds. The number of carbonyl (C=O) groups is 2. The Balaban J connectivity index is 2.47. The Morgan fingerprint density at radius 2 is 2.36 bits per heavy atom. The van der Waals surface area contributed by atoms with Gasteiger partial charge < -0.3 is 5.32 Å². The van der Waals surface area contributed by atoms with Crippen LogP contribution < -0.4 is 5.32 Å². The summed E-state index contributed by atoms with van der Waals surface area (Å²) in [6, 6.07) is -0.295. The summed E-state index contributed by atoms with van der Waals surface area (Å²) in [5.74, 6) is -0.156. The Morgan fingerprint density at radius 3 is 2.82 bits per heavy atom. The zero-order chi connectivity index (χ0) is 8.27. The van der Waals surface area contributed by atoms with E-state index in [9.17, 15) is 9.59 Å². The summed E-state index contributed by atoms with van der Waals surface area (Å²) in [5, 5.41) is 2.43. The van der Waals surface area contributed by atoms with Gasteiger partial charge in [0, 0.05) is 6.54 Å². The molecule has 0 unspecified atom stereocenters. The van der Waals surface area contributed by atoms with Crippen LogP contribution in [0.15, 0.2) is 12.7 Å². The second kappa shape index (κ2) is 3.18. The molecule has 0 radical (unpaired) electrons. The first kappa shape index (κ1) is 7.78. The minimum Gasteiger partial charge on any atom is -0.329 e. The largest absolute Gasteiger partial charge is 0.329 e. The third-order valence-electron chi connectivity index (χ3n) is 1.49. The lowest BCUT2D eigenvalue weighted by molar-refractivity contribution is -0.124. The number of hydrogen-bond donors (Lipinski definition) is 1. The standard InChI is InChI=1S/C7H10N2O2/c1-2-3-4-9-6(10)5-8-7(9)11/h2H,1,3-5H2,(H,8,11). The minimum atomic E-state index is -0.295. The highest BCUT2D eigenvalue weighted by Crippen LogP contribution is 1.99. The molecule has 0 spiro atoms. The van der Waals surface area contributed by atoms with Crippen molar-refractivity contribution in [1.29, 1.82) is 0 Å². The molecule has 1 heterocycles. The van der Waals surface area contributed by atoms with E-state index in [2.05, 4.69) is 11.9 Å². The van der Waals surface area contributed by atoms with Crippen LogP contribution in [0, 0.1) is 0 Å². The van der Waals surface area contributed by atoms with Gasteiger partial charge in [0.1, 0.15) is 0 Å². The normalized spacial score (nSPS) is 16.9. The van der Waals surface area contributed by atoms with E-state index < -0.39 is 0 Å². The van der Waals surface area contributed by atoms with Crippen LogP contribution in [0.5, 0.6) is 0 Å². The first-order chi connectivity index (χ1) is 5.25. The van der Waals surface area contributed by atoms with Crippen molar-refractivity contribution in [3.8, 4) is 0 Å². The molecule has 0 bridgehead atoms. The third-order valence-corrected chi connectivity index (χ3v) is 1.49.